The first-order chi connectivity index (χ1) is 15.1. The molecular formula is C22H38N6O4. The summed E-state index contributed by atoms with van der Waals surface area (Å²) in [7, 11) is 3.41. The third-order valence-electron chi connectivity index (χ3n) is 5.13. The average Bonchev–Trinajstić information content (AvgIpc) is 3.09. The second-order valence-corrected chi connectivity index (χ2v) is 9.13. The van der Waals surface area contributed by atoms with E-state index in [0.29, 0.717) is 24.3 Å². The molecule has 0 bridgehead atoms. The molecule has 0 aliphatic heterocycles. The normalized spacial score (nSPS) is 11.8. The lowest BCUT2D eigenvalue weighted by molar-refractivity contribution is 0.0527. The maximum Gasteiger partial charge on any atom is 0.407 e. The summed E-state index contributed by atoms with van der Waals surface area (Å²) in [4.78, 5) is 40.8. The quantitative estimate of drug-likeness (QED) is 0.478. The lowest BCUT2D eigenvalue weighted by atomic mass is 10.2. The highest BCUT2D eigenvalue weighted by Gasteiger charge is 2.15. The van der Waals surface area contributed by atoms with Gasteiger partial charge in [-0.3, -0.25) is 13.9 Å². The van der Waals surface area contributed by atoms with Crippen LogP contribution in [0.1, 0.15) is 59.3 Å². The second kappa shape index (κ2) is 11.8. The number of alkyl carbamates (subject to hydrolysis) is 1. The van der Waals surface area contributed by atoms with E-state index in [0.717, 1.165) is 51.6 Å². The molecule has 2 aromatic heterocycles. The van der Waals surface area contributed by atoms with E-state index in [2.05, 4.69) is 15.6 Å². The van der Waals surface area contributed by atoms with Crippen LogP contribution in [-0.4, -0.2) is 50.0 Å². The summed E-state index contributed by atoms with van der Waals surface area (Å²) < 4.78 is 9.60. The van der Waals surface area contributed by atoms with Crippen LogP contribution in [0.15, 0.2) is 15.9 Å². The Bertz CT molecular complexity index is 999. The standard InChI is InChI=1S/C22H38N6O4/c1-22(2,3)32-20(30)24-14-10-9-13-23-12-8-6-7-11-15-28-19(29)17-18(25-16-26(17)4)27(5)21(28)31/h16,23H,6-15H2,1-5H3,(H,24,30). The van der Waals surface area contributed by atoms with Crippen LogP contribution in [0.5, 0.6) is 0 Å². The number of amides is 1. The molecule has 0 aliphatic carbocycles. The number of imidazole rings is 1. The van der Waals surface area contributed by atoms with Crippen LogP contribution < -0.4 is 21.9 Å². The summed E-state index contributed by atoms with van der Waals surface area (Å²) in [6.07, 6.45) is 6.90. The number of hydrogen-bond donors (Lipinski definition) is 2. The van der Waals surface area contributed by atoms with Gasteiger partial charge in [0.25, 0.3) is 5.56 Å². The van der Waals surface area contributed by atoms with E-state index in [-0.39, 0.29) is 17.3 Å². The number of carbonyl (C=O) groups is 1. The monoisotopic (exact) mass is 450 g/mol. The highest BCUT2D eigenvalue weighted by molar-refractivity contribution is 5.69. The Morgan fingerprint density at radius 2 is 1.62 bits per heavy atom. The molecule has 180 valence electrons. The molecule has 0 atom stereocenters. The average molecular weight is 451 g/mol. The lowest BCUT2D eigenvalue weighted by Crippen LogP contribution is -2.39. The SMILES string of the molecule is Cn1cnc2c1c(=O)n(CCCCCCNCCCCNC(=O)OC(C)(C)C)c(=O)n2C. The molecule has 0 fully saturated rings. The minimum Gasteiger partial charge on any atom is -0.444 e. The Hall–Kier alpha value is -2.62. The Morgan fingerprint density at radius 1 is 1.00 bits per heavy atom. The zero-order chi connectivity index (χ0) is 23.7. The maximum atomic E-state index is 12.6. The van der Waals surface area contributed by atoms with Gasteiger partial charge in [-0.2, -0.15) is 0 Å². The molecular weight excluding hydrogens is 412 g/mol. The minimum atomic E-state index is -0.469. The second-order valence-electron chi connectivity index (χ2n) is 9.13. The summed E-state index contributed by atoms with van der Waals surface area (Å²) in [5, 5.41) is 6.17. The fourth-order valence-electron chi connectivity index (χ4n) is 3.47. The van der Waals surface area contributed by atoms with Crippen molar-refractivity contribution in [3.05, 3.63) is 27.2 Å². The number of aromatic nitrogens is 4. The molecule has 2 rings (SSSR count). The first-order valence-corrected chi connectivity index (χ1v) is 11.4. The Labute approximate surface area is 189 Å². The largest absolute Gasteiger partial charge is 0.444 e. The summed E-state index contributed by atoms with van der Waals surface area (Å²) in [6.45, 7) is 8.41. The van der Waals surface area contributed by atoms with Crippen LogP contribution in [0.2, 0.25) is 0 Å². The van der Waals surface area contributed by atoms with Crippen molar-refractivity contribution in [2.75, 3.05) is 19.6 Å². The van der Waals surface area contributed by atoms with Crippen LogP contribution in [0, 0.1) is 0 Å². The van der Waals surface area contributed by atoms with Gasteiger partial charge < -0.3 is 19.9 Å². The number of carbonyl (C=O) groups excluding carboxylic acids is 1. The van der Waals surface area contributed by atoms with Crippen molar-refractivity contribution in [2.45, 2.75) is 71.4 Å². The zero-order valence-corrected chi connectivity index (χ0v) is 20.1. The summed E-state index contributed by atoms with van der Waals surface area (Å²) in [6, 6.07) is 0. The summed E-state index contributed by atoms with van der Waals surface area (Å²) in [5.74, 6) is 0. The van der Waals surface area contributed by atoms with Gasteiger partial charge in [-0.05, 0) is 59.5 Å². The van der Waals surface area contributed by atoms with Gasteiger partial charge in [0.05, 0.1) is 6.33 Å². The molecule has 1 amide bonds. The van der Waals surface area contributed by atoms with Crippen molar-refractivity contribution in [1.82, 2.24) is 29.3 Å². The number of rotatable bonds is 12. The van der Waals surface area contributed by atoms with Crippen molar-refractivity contribution in [3.8, 4) is 0 Å². The zero-order valence-electron chi connectivity index (χ0n) is 20.1. The van der Waals surface area contributed by atoms with Gasteiger partial charge in [0.1, 0.15) is 5.60 Å². The molecule has 32 heavy (non-hydrogen) atoms. The van der Waals surface area contributed by atoms with Gasteiger partial charge >= 0.3 is 11.8 Å². The van der Waals surface area contributed by atoms with E-state index in [1.807, 2.05) is 20.8 Å². The van der Waals surface area contributed by atoms with Gasteiger partial charge in [0.15, 0.2) is 11.2 Å². The first kappa shape index (κ1) is 25.6. The molecule has 2 N–H and O–H groups in total. The predicted molar refractivity (Wildman–Crippen MR) is 125 cm³/mol. The fourth-order valence-corrected chi connectivity index (χ4v) is 3.47. The number of hydrogen-bond acceptors (Lipinski definition) is 6. The van der Waals surface area contributed by atoms with E-state index in [4.69, 9.17) is 4.74 Å². The third-order valence-corrected chi connectivity index (χ3v) is 5.13. The van der Waals surface area contributed by atoms with E-state index >= 15 is 0 Å². The Kier molecular flexibility index (Phi) is 9.49. The molecule has 10 nitrogen and oxygen atoms in total. The topological polar surface area (TPSA) is 112 Å². The van der Waals surface area contributed by atoms with Gasteiger partial charge in [-0.25, -0.2) is 14.6 Å². The van der Waals surface area contributed by atoms with E-state index in [1.165, 1.54) is 9.13 Å². The van der Waals surface area contributed by atoms with E-state index in [1.54, 1.807) is 25.0 Å². The van der Waals surface area contributed by atoms with Crippen LogP contribution in [-0.2, 0) is 25.4 Å². The molecule has 0 unspecified atom stereocenters. The van der Waals surface area contributed by atoms with Gasteiger partial charge in [-0.1, -0.05) is 12.8 Å². The Balaban J connectivity index is 1.56. The highest BCUT2D eigenvalue weighted by atomic mass is 16.6. The van der Waals surface area contributed by atoms with E-state index in [9.17, 15) is 14.4 Å². The van der Waals surface area contributed by atoms with Crippen LogP contribution >= 0.6 is 0 Å². The fraction of sp³-hybridized carbons (Fsp3) is 0.727. The molecule has 2 heterocycles. The van der Waals surface area contributed by atoms with Crippen LogP contribution in [0.3, 0.4) is 0 Å². The van der Waals surface area contributed by atoms with Crippen LogP contribution in [0.25, 0.3) is 11.2 Å². The maximum absolute atomic E-state index is 12.6. The van der Waals surface area contributed by atoms with Gasteiger partial charge in [-0.15, -0.1) is 0 Å². The smallest absolute Gasteiger partial charge is 0.407 e. The molecule has 0 spiro atoms. The molecule has 10 heteroatoms. The number of ether oxygens (including phenoxy) is 1. The molecule has 0 aromatic carbocycles. The molecule has 0 aliphatic rings. The Morgan fingerprint density at radius 3 is 2.31 bits per heavy atom. The van der Waals surface area contributed by atoms with Gasteiger partial charge in [0.2, 0.25) is 0 Å². The van der Waals surface area contributed by atoms with Crippen molar-refractivity contribution < 1.29 is 9.53 Å². The lowest BCUT2D eigenvalue weighted by Gasteiger charge is -2.19. The summed E-state index contributed by atoms with van der Waals surface area (Å²) >= 11 is 0. The van der Waals surface area contributed by atoms with Crippen LogP contribution in [0.4, 0.5) is 4.79 Å². The van der Waals surface area contributed by atoms with E-state index < -0.39 is 5.60 Å². The highest BCUT2D eigenvalue weighted by Crippen LogP contribution is 2.06. The van der Waals surface area contributed by atoms with Crippen molar-refractivity contribution in [1.29, 1.82) is 0 Å². The summed E-state index contributed by atoms with van der Waals surface area (Å²) in [5.41, 5.74) is -0.179. The predicted octanol–water partition coefficient (Wildman–Crippen LogP) is 1.89. The molecule has 0 radical (unpaired) electrons. The number of unbranched alkanes of at least 4 members (excludes halogenated alkanes) is 4. The first-order valence-electron chi connectivity index (χ1n) is 11.4. The van der Waals surface area contributed by atoms with Crippen molar-refractivity contribution in [3.63, 3.8) is 0 Å². The van der Waals surface area contributed by atoms with Crippen molar-refractivity contribution >= 4 is 17.3 Å². The number of nitrogens with one attached hydrogen (secondary N) is 2. The number of aryl methyl sites for hydroxylation is 2. The number of nitrogens with zero attached hydrogens (tertiary/aromatic N) is 4. The molecule has 0 saturated carbocycles. The van der Waals surface area contributed by atoms with Gasteiger partial charge in [0, 0.05) is 27.2 Å². The minimum absolute atomic E-state index is 0.272. The van der Waals surface area contributed by atoms with Crippen molar-refractivity contribution in [2.24, 2.45) is 14.1 Å². The number of fused-ring (bicyclic) bond motifs is 1. The molecule has 0 saturated heterocycles. The molecule has 2 aromatic rings. The third kappa shape index (κ3) is 7.51.